The number of aryl methyl sites for hydroxylation is 1. The second-order valence-corrected chi connectivity index (χ2v) is 4.88. The Labute approximate surface area is 152 Å². The van der Waals surface area contributed by atoms with Crippen molar-refractivity contribution in [2.24, 2.45) is 0 Å². The summed E-state index contributed by atoms with van der Waals surface area (Å²) in [6.07, 6.45) is 5.23. The van der Waals surface area contributed by atoms with Crippen LogP contribution in [0.1, 0.15) is 26.6 Å². The number of nitrogens with zero attached hydrogens (tertiary/aromatic N) is 4. The number of hydrogen-bond donors (Lipinski definition) is 2. The van der Waals surface area contributed by atoms with Gasteiger partial charge in [0.2, 0.25) is 11.8 Å². The zero-order valence-corrected chi connectivity index (χ0v) is 15.4. The topological polar surface area (TPSA) is 101 Å². The molecule has 0 bridgehead atoms. The largest absolute Gasteiger partial charge is 0.347 e. The fraction of sp³-hybridized carbons (Fsp3) is 0.278. The maximum Gasteiger partial charge on any atom is 0.243 e. The Morgan fingerprint density at radius 1 is 1.08 bits per heavy atom. The molecule has 0 atom stereocenters. The second-order valence-electron chi connectivity index (χ2n) is 4.88. The highest BCUT2D eigenvalue weighted by atomic mass is 16.2. The van der Waals surface area contributed by atoms with E-state index in [4.69, 9.17) is 0 Å². The molecule has 3 heterocycles. The molecule has 0 aromatic carbocycles. The first-order valence-corrected chi connectivity index (χ1v) is 8.27. The summed E-state index contributed by atoms with van der Waals surface area (Å²) in [6.45, 7) is 7.14. The van der Waals surface area contributed by atoms with Crippen molar-refractivity contribution in [3.05, 3.63) is 54.7 Å². The molecular weight excluding hydrogens is 332 g/mol. The third-order valence-electron chi connectivity index (χ3n) is 2.92. The molecule has 0 unspecified atom stereocenters. The molecule has 8 nitrogen and oxygen atoms in total. The SMILES string of the molecule is CC.CC(=O)NCC(=O)Nc1ccc2nnc(C)n2c1.c1ccncc1. The molecule has 0 fully saturated rings. The van der Waals surface area contributed by atoms with Gasteiger partial charge < -0.3 is 10.6 Å². The minimum Gasteiger partial charge on any atom is -0.347 e. The zero-order chi connectivity index (χ0) is 19.4. The number of rotatable bonds is 3. The molecule has 3 rings (SSSR count). The number of carbonyl (C=O) groups excluding carboxylic acids is 2. The van der Waals surface area contributed by atoms with Crippen LogP contribution in [0.15, 0.2) is 48.9 Å². The monoisotopic (exact) mass is 356 g/mol. The van der Waals surface area contributed by atoms with Crippen molar-refractivity contribution in [3.8, 4) is 0 Å². The van der Waals surface area contributed by atoms with Gasteiger partial charge in [0.1, 0.15) is 5.82 Å². The van der Waals surface area contributed by atoms with Gasteiger partial charge in [-0.3, -0.25) is 19.0 Å². The van der Waals surface area contributed by atoms with Crippen LogP contribution < -0.4 is 10.6 Å². The van der Waals surface area contributed by atoms with Crippen LogP contribution in [0, 0.1) is 6.92 Å². The number of carbonyl (C=O) groups is 2. The summed E-state index contributed by atoms with van der Waals surface area (Å²) in [5.41, 5.74) is 1.34. The standard InChI is InChI=1S/C11H13N5O2.C5H5N.C2H6/c1-7-14-15-10-4-3-9(6-16(7)10)13-11(18)5-12-8(2)17;1-2-4-6-5-3-1;1-2/h3-4,6H,5H2,1-2H3,(H,12,17)(H,13,18);1-5H;1-2H3. The van der Waals surface area contributed by atoms with Crippen molar-refractivity contribution in [2.75, 3.05) is 11.9 Å². The summed E-state index contributed by atoms with van der Waals surface area (Å²) < 4.78 is 1.77. The van der Waals surface area contributed by atoms with E-state index in [-0.39, 0.29) is 18.4 Å². The molecule has 3 aromatic rings. The molecule has 2 N–H and O–H groups in total. The molecule has 138 valence electrons. The van der Waals surface area contributed by atoms with E-state index in [1.165, 1.54) is 6.92 Å². The molecule has 0 saturated heterocycles. The minimum absolute atomic E-state index is 0.0471. The summed E-state index contributed by atoms with van der Waals surface area (Å²) in [5, 5.41) is 13.0. The number of amides is 2. The normalized spacial score (nSPS) is 9.23. The van der Waals surface area contributed by atoms with Gasteiger partial charge in [-0.15, -0.1) is 10.2 Å². The first kappa shape index (κ1) is 20.8. The van der Waals surface area contributed by atoms with Gasteiger partial charge >= 0.3 is 0 Å². The predicted molar refractivity (Wildman–Crippen MR) is 101 cm³/mol. The van der Waals surface area contributed by atoms with Crippen LogP contribution in [0.25, 0.3) is 5.65 Å². The summed E-state index contributed by atoms with van der Waals surface area (Å²) in [6, 6.07) is 9.20. The van der Waals surface area contributed by atoms with Crippen molar-refractivity contribution in [1.82, 2.24) is 24.9 Å². The summed E-state index contributed by atoms with van der Waals surface area (Å²) >= 11 is 0. The fourth-order valence-corrected chi connectivity index (χ4v) is 1.80. The quantitative estimate of drug-likeness (QED) is 0.749. The highest BCUT2D eigenvalue weighted by Gasteiger charge is 2.05. The van der Waals surface area contributed by atoms with Crippen LogP contribution in [-0.2, 0) is 9.59 Å². The summed E-state index contributed by atoms with van der Waals surface area (Å²) in [4.78, 5) is 26.0. The van der Waals surface area contributed by atoms with Crippen molar-refractivity contribution in [1.29, 1.82) is 0 Å². The molecule has 0 aliphatic carbocycles. The molecule has 0 spiro atoms. The lowest BCUT2D eigenvalue weighted by Gasteiger charge is -2.06. The average molecular weight is 356 g/mol. The van der Waals surface area contributed by atoms with Crippen LogP contribution in [0.2, 0.25) is 0 Å². The molecule has 2 amide bonds. The lowest BCUT2D eigenvalue weighted by atomic mass is 10.4. The Hall–Kier alpha value is -3.29. The van der Waals surface area contributed by atoms with Crippen LogP contribution >= 0.6 is 0 Å². The van der Waals surface area contributed by atoms with E-state index in [0.717, 1.165) is 5.82 Å². The van der Waals surface area contributed by atoms with E-state index in [9.17, 15) is 9.59 Å². The Bertz CT molecular complexity index is 790. The second kappa shape index (κ2) is 11.3. The first-order chi connectivity index (χ1) is 12.6. The van der Waals surface area contributed by atoms with E-state index in [2.05, 4.69) is 25.8 Å². The molecule has 0 aliphatic rings. The Morgan fingerprint density at radius 2 is 1.77 bits per heavy atom. The van der Waals surface area contributed by atoms with Crippen LogP contribution in [-0.4, -0.2) is 37.9 Å². The molecule has 3 aromatic heterocycles. The van der Waals surface area contributed by atoms with Gasteiger partial charge in [-0.25, -0.2) is 0 Å². The Kier molecular flexibility index (Phi) is 9.02. The predicted octanol–water partition coefficient (Wildman–Crippen LogP) is 2.22. The molecule has 0 saturated carbocycles. The van der Waals surface area contributed by atoms with Gasteiger partial charge in [-0.05, 0) is 31.2 Å². The van der Waals surface area contributed by atoms with E-state index in [0.29, 0.717) is 11.3 Å². The molecule has 0 aliphatic heterocycles. The molecule has 0 radical (unpaired) electrons. The number of aromatic nitrogens is 4. The molecular formula is C18H24N6O2. The zero-order valence-electron chi connectivity index (χ0n) is 15.4. The van der Waals surface area contributed by atoms with Gasteiger partial charge in [0.15, 0.2) is 5.65 Å². The number of anilines is 1. The number of hydrogen-bond acceptors (Lipinski definition) is 5. The number of pyridine rings is 2. The van der Waals surface area contributed by atoms with Gasteiger partial charge in [0, 0.05) is 25.5 Å². The maximum atomic E-state index is 11.5. The summed E-state index contributed by atoms with van der Waals surface area (Å²) in [7, 11) is 0. The first-order valence-electron chi connectivity index (χ1n) is 8.27. The van der Waals surface area contributed by atoms with Crippen LogP contribution in [0.4, 0.5) is 5.69 Å². The molecule has 26 heavy (non-hydrogen) atoms. The van der Waals surface area contributed by atoms with E-state index < -0.39 is 0 Å². The van der Waals surface area contributed by atoms with Gasteiger partial charge in [0.25, 0.3) is 0 Å². The van der Waals surface area contributed by atoms with E-state index in [1.54, 1.807) is 35.1 Å². The highest BCUT2D eigenvalue weighted by Crippen LogP contribution is 2.10. The van der Waals surface area contributed by atoms with Gasteiger partial charge in [-0.2, -0.15) is 0 Å². The third kappa shape index (κ3) is 7.08. The van der Waals surface area contributed by atoms with Crippen molar-refractivity contribution in [2.45, 2.75) is 27.7 Å². The van der Waals surface area contributed by atoms with E-state index >= 15 is 0 Å². The van der Waals surface area contributed by atoms with Crippen LogP contribution in [0.5, 0.6) is 0 Å². The van der Waals surface area contributed by atoms with Crippen LogP contribution in [0.3, 0.4) is 0 Å². The highest BCUT2D eigenvalue weighted by molar-refractivity contribution is 5.94. The Morgan fingerprint density at radius 3 is 2.31 bits per heavy atom. The van der Waals surface area contributed by atoms with Crippen molar-refractivity contribution < 1.29 is 9.59 Å². The fourth-order valence-electron chi connectivity index (χ4n) is 1.80. The van der Waals surface area contributed by atoms with Crippen molar-refractivity contribution >= 4 is 23.1 Å². The summed E-state index contributed by atoms with van der Waals surface area (Å²) in [5.74, 6) is 0.216. The van der Waals surface area contributed by atoms with Gasteiger partial charge in [0.05, 0.1) is 12.2 Å². The van der Waals surface area contributed by atoms with E-state index in [1.807, 2.05) is 39.0 Å². The smallest absolute Gasteiger partial charge is 0.243 e. The number of fused-ring (bicyclic) bond motifs is 1. The maximum absolute atomic E-state index is 11.5. The number of nitrogens with one attached hydrogen (secondary N) is 2. The van der Waals surface area contributed by atoms with Crippen molar-refractivity contribution in [3.63, 3.8) is 0 Å². The van der Waals surface area contributed by atoms with Gasteiger partial charge in [-0.1, -0.05) is 19.9 Å². The average Bonchev–Trinajstić information content (AvgIpc) is 3.04. The minimum atomic E-state index is -0.282. The molecule has 8 heteroatoms. The lowest BCUT2D eigenvalue weighted by Crippen LogP contribution is -2.31. The lowest BCUT2D eigenvalue weighted by molar-refractivity contribution is -0.122. The third-order valence-corrected chi connectivity index (χ3v) is 2.92. The Balaban J connectivity index is 0.000000353.